The lowest BCUT2D eigenvalue weighted by atomic mass is 10.1. The Balaban J connectivity index is 1.25. The molecule has 7 nitrogen and oxygen atoms in total. The van der Waals surface area contributed by atoms with E-state index in [9.17, 15) is 4.79 Å². The summed E-state index contributed by atoms with van der Waals surface area (Å²) in [6.45, 7) is 1.36. The molecule has 1 amide bonds. The smallest absolute Gasteiger partial charge is 0.257 e. The predicted molar refractivity (Wildman–Crippen MR) is 97.0 cm³/mol. The third kappa shape index (κ3) is 3.96. The van der Waals surface area contributed by atoms with E-state index in [1.165, 1.54) is 11.8 Å². The Kier molecular flexibility index (Phi) is 5.01. The molecule has 0 atom stereocenters. The number of piperidine rings is 1. The van der Waals surface area contributed by atoms with Crippen LogP contribution in [-0.4, -0.2) is 50.9 Å². The van der Waals surface area contributed by atoms with Gasteiger partial charge in [-0.2, -0.15) is 5.10 Å². The summed E-state index contributed by atoms with van der Waals surface area (Å²) >= 11 is 1.33. The zero-order valence-electron chi connectivity index (χ0n) is 14.1. The monoisotopic (exact) mass is 370 g/mol. The van der Waals surface area contributed by atoms with Gasteiger partial charge in [0.15, 0.2) is 5.58 Å². The van der Waals surface area contributed by atoms with Gasteiger partial charge >= 0.3 is 0 Å². The molecule has 26 heavy (non-hydrogen) atoms. The Hall–Kier alpha value is -2.61. The van der Waals surface area contributed by atoms with E-state index < -0.39 is 0 Å². The first-order valence-electron chi connectivity index (χ1n) is 8.48. The van der Waals surface area contributed by atoms with Gasteiger partial charge in [-0.3, -0.25) is 4.79 Å². The summed E-state index contributed by atoms with van der Waals surface area (Å²) in [5, 5.41) is 8.27. The number of hydrogen-bond acceptors (Lipinski definition) is 7. The van der Waals surface area contributed by atoms with Gasteiger partial charge in [0.05, 0.1) is 5.75 Å². The lowest BCUT2D eigenvalue weighted by Gasteiger charge is -2.31. The van der Waals surface area contributed by atoms with E-state index in [1.54, 1.807) is 18.3 Å². The minimum absolute atomic E-state index is 0.0699. The van der Waals surface area contributed by atoms with Crippen molar-refractivity contribution in [1.29, 1.82) is 0 Å². The fourth-order valence-electron chi connectivity index (χ4n) is 2.87. The van der Waals surface area contributed by atoms with E-state index in [0.717, 1.165) is 23.9 Å². The molecule has 1 aromatic carbocycles. The minimum Gasteiger partial charge on any atom is -0.473 e. The number of hydrogen-bond donors (Lipinski definition) is 0. The predicted octanol–water partition coefficient (Wildman–Crippen LogP) is 2.78. The zero-order chi connectivity index (χ0) is 17.8. The second-order valence-electron chi connectivity index (χ2n) is 6.00. The van der Waals surface area contributed by atoms with Crippen LogP contribution in [0.4, 0.5) is 0 Å². The topological polar surface area (TPSA) is 81.4 Å². The number of nitrogens with zero attached hydrogens (tertiary/aromatic N) is 4. The van der Waals surface area contributed by atoms with Crippen LogP contribution >= 0.6 is 11.8 Å². The summed E-state index contributed by atoms with van der Waals surface area (Å²) in [6, 6.07) is 11.2. The van der Waals surface area contributed by atoms with Crippen molar-refractivity contribution in [3.05, 3.63) is 42.6 Å². The largest absolute Gasteiger partial charge is 0.473 e. The van der Waals surface area contributed by atoms with E-state index >= 15 is 0 Å². The van der Waals surface area contributed by atoms with Gasteiger partial charge < -0.3 is 14.1 Å². The van der Waals surface area contributed by atoms with E-state index in [2.05, 4.69) is 15.2 Å². The number of fused-ring (bicyclic) bond motifs is 1. The SMILES string of the molecule is O=C(CSc1nc2ccccc2o1)N1CCC(Oc2cccnn2)CC1. The molecule has 134 valence electrons. The molecule has 0 saturated carbocycles. The van der Waals surface area contributed by atoms with Gasteiger partial charge in [-0.1, -0.05) is 23.9 Å². The maximum absolute atomic E-state index is 12.4. The third-order valence-corrected chi connectivity index (χ3v) is 5.04. The molecule has 0 spiro atoms. The summed E-state index contributed by atoms with van der Waals surface area (Å²) in [4.78, 5) is 18.7. The van der Waals surface area contributed by atoms with Crippen LogP contribution in [0.1, 0.15) is 12.8 Å². The molecule has 1 fully saturated rings. The number of ether oxygens (including phenoxy) is 1. The van der Waals surface area contributed by atoms with Gasteiger partial charge in [0.25, 0.3) is 5.22 Å². The van der Waals surface area contributed by atoms with Crippen molar-refractivity contribution in [2.24, 2.45) is 0 Å². The summed E-state index contributed by atoms with van der Waals surface area (Å²) < 4.78 is 11.4. The Morgan fingerprint density at radius 1 is 1.23 bits per heavy atom. The minimum atomic E-state index is 0.0699. The fraction of sp³-hybridized carbons (Fsp3) is 0.333. The lowest BCUT2D eigenvalue weighted by molar-refractivity contribution is -0.130. The van der Waals surface area contributed by atoms with Crippen LogP contribution in [0.2, 0.25) is 0 Å². The second-order valence-corrected chi connectivity index (χ2v) is 6.92. The van der Waals surface area contributed by atoms with Gasteiger partial charge in [0, 0.05) is 38.2 Å². The van der Waals surface area contributed by atoms with Crippen LogP contribution in [0, 0.1) is 0 Å². The molecule has 1 aliphatic heterocycles. The molecule has 2 aromatic heterocycles. The summed E-state index contributed by atoms with van der Waals surface area (Å²) in [6.07, 6.45) is 3.26. The first-order valence-corrected chi connectivity index (χ1v) is 9.47. The van der Waals surface area contributed by atoms with Gasteiger partial charge in [0.2, 0.25) is 11.8 Å². The van der Waals surface area contributed by atoms with Crippen LogP contribution in [0.25, 0.3) is 11.1 Å². The average Bonchev–Trinajstić information content (AvgIpc) is 3.10. The highest BCUT2D eigenvalue weighted by atomic mass is 32.2. The van der Waals surface area contributed by atoms with Gasteiger partial charge in [-0.25, -0.2) is 4.98 Å². The highest BCUT2D eigenvalue weighted by molar-refractivity contribution is 7.99. The highest BCUT2D eigenvalue weighted by Crippen LogP contribution is 2.24. The Morgan fingerprint density at radius 3 is 2.85 bits per heavy atom. The Labute approximate surface area is 154 Å². The molecule has 0 N–H and O–H groups in total. The molecule has 1 aliphatic rings. The van der Waals surface area contributed by atoms with E-state index in [0.29, 0.717) is 29.9 Å². The standard InChI is InChI=1S/C18H18N4O3S/c23-17(12-26-18-20-14-4-1-2-5-15(14)25-18)22-10-7-13(8-11-22)24-16-6-3-9-19-21-16/h1-6,9,13H,7-8,10-12H2. The van der Waals surface area contributed by atoms with Crippen molar-refractivity contribution in [2.75, 3.05) is 18.8 Å². The molecule has 3 aromatic rings. The third-order valence-electron chi connectivity index (χ3n) is 4.22. The molecule has 1 saturated heterocycles. The molecule has 0 unspecified atom stereocenters. The molecule has 8 heteroatoms. The quantitative estimate of drug-likeness (QED) is 0.639. The lowest BCUT2D eigenvalue weighted by Crippen LogP contribution is -2.42. The Bertz CT molecular complexity index is 845. The zero-order valence-corrected chi connectivity index (χ0v) is 14.9. The summed E-state index contributed by atoms with van der Waals surface area (Å²) in [7, 11) is 0. The Morgan fingerprint density at radius 2 is 2.08 bits per heavy atom. The molecular weight excluding hydrogens is 352 g/mol. The molecule has 0 aliphatic carbocycles. The number of likely N-dealkylation sites (tertiary alicyclic amines) is 1. The molecule has 3 heterocycles. The number of rotatable bonds is 5. The van der Waals surface area contributed by atoms with Crippen molar-refractivity contribution in [3.8, 4) is 5.88 Å². The molecule has 0 radical (unpaired) electrons. The maximum atomic E-state index is 12.4. The van der Waals surface area contributed by atoms with E-state index in [4.69, 9.17) is 9.15 Å². The van der Waals surface area contributed by atoms with Crippen LogP contribution in [0.5, 0.6) is 5.88 Å². The van der Waals surface area contributed by atoms with Crippen LogP contribution in [0.3, 0.4) is 0 Å². The number of para-hydroxylation sites is 2. The number of benzene rings is 1. The number of aromatic nitrogens is 3. The summed E-state index contributed by atoms with van der Waals surface area (Å²) in [5.41, 5.74) is 1.55. The average molecular weight is 370 g/mol. The van der Waals surface area contributed by atoms with Crippen molar-refractivity contribution in [2.45, 2.75) is 24.2 Å². The van der Waals surface area contributed by atoms with Crippen LogP contribution in [-0.2, 0) is 4.79 Å². The van der Waals surface area contributed by atoms with Gasteiger partial charge in [-0.15, -0.1) is 5.10 Å². The number of oxazole rings is 1. The fourth-order valence-corrected chi connectivity index (χ4v) is 3.61. The van der Waals surface area contributed by atoms with E-state index in [-0.39, 0.29) is 12.0 Å². The summed E-state index contributed by atoms with van der Waals surface area (Å²) in [5.74, 6) is 0.946. The number of carbonyl (C=O) groups is 1. The first kappa shape index (κ1) is 16.8. The molecule has 0 bridgehead atoms. The normalized spacial score (nSPS) is 15.3. The number of amides is 1. The highest BCUT2D eigenvalue weighted by Gasteiger charge is 2.24. The van der Waals surface area contributed by atoms with Crippen molar-refractivity contribution in [1.82, 2.24) is 20.1 Å². The molecule has 4 rings (SSSR count). The van der Waals surface area contributed by atoms with Crippen molar-refractivity contribution >= 4 is 28.8 Å². The van der Waals surface area contributed by atoms with Crippen LogP contribution < -0.4 is 4.74 Å². The maximum Gasteiger partial charge on any atom is 0.257 e. The van der Waals surface area contributed by atoms with E-state index in [1.807, 2.05) is 29.2 Å². The number of carbonyl (C=O) groups excluding carboxylic acids is 1. The molecular formula is C18H18N4O3S. The first-order chi connectivity index (χ1) is 12.8. The second kappa shape index (κ2) is 7.74. The van der Waals surface area contributed by atoms with Crippen LogP contribution in [0.15, 0.2) is 52.2 Å². The van der Waals surface area contributed by atoms with Gasteiger partial charge in [0.1, 0.15) is 11.6 Å². The van der Waals surface area contributed by atoms with Crippen molar-refractivity contribution in [3.63, 3.8) is 0 Å². The van der Waals surface area contributed by atoms with Gasteiger partial charge in [-0.05, 0) is 18.2 Å². The number of thioether (sulfide) groups is 1. The van der Waals surface area contributed by atoms with Crippen molar-refractivity contribution < 1.29 is 13.9 Å².